The van der Waals surface area contributed by atoms with Crippen LogP contribution >= 0.6 is 0 Å². The second kappa shape index (κ2) is 6.55. The van der Waals surface area contributed by atoms with Crippen LogP contribution < -0.4 is 16.4 Å². The van der Waals surface area contributed by atoms with Crippen LogP contribution in [0, 0.1) is 0 Å². The number of hydrogen-bond donors (Lipinski definition) is 2. The molecule has 1 unspecified atom stereocenters. The van der Waals surface area contributed by atoms with E-state index in [9.17, 15) is 9.59 Å². The van der Waals surface area contributed by atoms with Gasteiger partial charge in [0.2, 0.25) is 11.8 Å². The van der Waals surface area contributed by atoms with Gasteiger partial charge >= 0.3 is 0 Å². The molecule has 0 saturated carbocycles. The summed E-state index contributed by atoms with van der Waals surface area (Å²) in [6, 6.07) is 6.47. The Balaban J connectivity index is 2.02. The Morgan fingerprint density at radius 1 is 1.38 bits per heavy atom. The predicted molar refractivity (Wildman–Crippen MR) is 79.6 cm³/mol. The molecule has 7 heteroatoms. The van der Waals surface area contributed by atoms with Crippen LogP contribution in [0.5, 0.6) is 0 Å². The number of benzene rings is 1. The van der Waals surface area contributed by atoms with Crippen molar-refractivity contribution in [2.75, 3.05) is 44.0 Å². The summed E-state index contributed by atoms with van der Waals surface area (Å²) >= 11 is 0. The molecule has 1 aromatic rings. The first-order valence-corrected chi connectivity index (χ1v) is 6.72. The number of nitrogen functional groups attached to an aromatic ring is 1. The summed E-state index contributed by atoms with van der Waals surface area (Å²) in [7, 11) is 1.69. The van der Waals surface area contributed by atoms with E-state index < -0.39 is 11.9 Å². The van der Waals surface area contributed by atoms with E-state index in [-0.39, 0.29) is 19.1 Å². The van der Waals surface area contributed by atoms with Gasteiger partial charge in [0.05, 0.1) is 19.8 Å². The van der Waals surface area contributed by atoms with Gasteiger partial charge in [-0.2, -0.15) is 0 Å². The molecule has 7 nitrogen and oxygen atoms in total. The fourth-order valence-corrected chi connectivity index (χ4v) is 2.21. The first-order chi connectivity index (χ1) is 9.99. The number of anilines is 2. The Hall–Kier alpha value is -2.12. The second-order valence-corrected chi connectivity index (χ2v) is 5.01. The van der Waals surface area contributed by atoms with Crippen molar-refractivity contribution < 1.29 is 14.3 Å². The Morgan fingerprint density at radius 3 is 2.67 bits per heavy atom. The van der Waals surface area contributed by atoms with Crippen molar-refractivity contribution in [1.29, 1.82) is 0 Å². The quantitative estimate of drug-likeness (QED) is 0.723. The fraction of sp³-hybridized carbons (Fsp3) is 0.429. The summed E-state index contributed by atoms with van der Waals surface area (Å²) in [5.74, 6) is -0.592. The lowest BCUT2D eigenvalue weighted by molar-refractivity contribution is -0.132. The Bertz CT molecular complexity index is 517. The van der Waals surface area contributed by atoms with Gasteiger partial charge in [0.25, 0.3) is 0 Å². The number of carbonyl (C=O) groups excluding carboxylic acids is 2. The third kappa shape index (κ3) is 3.71. The molecule has 21 heavy (non-hydrogen) atoms. The van der Waals surface area contributed by atoms with Crippen LogP contribution in [0.3, 0.4) is 0 Å². The van der Waals surface area contributed by atoms with Gasteiger partial charge in [-0.05, 0) is 24.3 Å². The molecule has 114 valence electrons. The van der Waals surface area contributed by atoms with E-state index in [0.29, 0.717) is 18.8 Å². The molecule has 1 saturated heterocycles. The lowest BCUT2D eigenvalue weighted by Crippen LogP contribution is -2.55. The molecule has 0 aliphatic carbocycles. The van der Waals surface area contributed by atoms with Crippen LogP contribution in [0.4, 0.5) is 11.4 Å². The molecule has 1 aromatic carbocycles. The fourth-order valence-electron chi connectivity index (χ4n) is 2.21. The third-order valence-corrected chi connectivity index (χ3v) is 3.56. The summed E-state index contributed by atoms with van der Waals surface area (Å²) in [6.45, 7) is 1.35. The summed E-state index contributed by atoms with van der Waals surface area (Å²) < 4.78 is 5.23. The number of morpholine rings is 1. The molecule has 0 aromatic heterocycles. The number of hydrogen-bond acceptors (Lipinski definition) is 5. The van der Waals surface area contributed by atoms with E-state index in [0.717, 1.165) is 5.69 Å². The van der Waals surface area contributed by atoms with Crippen LogP contribution in [0.15, 0.2) is 24.3 Å². The number of carbonyl (C=O) groups is 2. The van der Waals surface area contributed by atoms with Crippen molar-refractivity contribution >= 4 is 23.2 Å². The maximum Gasteiger partial charge on any atom is 0.240 e. The van der Waals surface area contributed by atoms with Crippen LogP contribution in [-0.2, 0) is 14.3 Å². The summed E-state index contributed by atoms with van der Waals surface area (Å²) in [5.41, 5.74) is 12.4. The zero-order valence-corrected chi connectivity index (χ0v) is 12.0. The van der Waals surface area contributed by atoms with Gasteiger partial charge in [0.1, 0.15) is 6.04 Å². The monoisotopic (exact) mass is 292 g/mol. The topological polar surface area (TPSA) is 102 Å². The minimum absolute atomic E-state index is 0.118. The first-order valence-electron chi connectivity index (χ1n) is 6.72. The van der Waals surface area contributed by atoms with Crippen LogP contribution in [0.25, 0.3) is 0 Å². The van der Waals surface area contributed by atoms with Crippen LogP contribution in [0.2, 0.25) is 0 Å². The second-order valence-electron chi connectivity index (χ2n) is 5.01. The van der Waals surface area contributed by atoms with Gasteiger partial charge in [-0.1, -0.05) is 0 Å². The van der Waals surface area contributed by atoms with E-state index in [1.54, 1.807) is 36.2 Å². The van der Waals surface area contributed by atoms with Crippen molar-refractivity contribution in [3.05, 3.63) is 24.3 Å². The zero-order valence-electron chi connectivity index (χ0n) is 12.0. The lowest BCUT2D eigenvalue weighted by atomic mass is 10.2. The highest BCUT2D eigenvalue weighted by molar-refractivity contribution is 5.94. The van der Waals surface area contributed by atoms with Crippen LogP contribution in [0.1, 0.15) is 0 Å². The van der Waals surface area contributed by atoms with E-state index in [2.05, 4.69) is 0 Å². The largest absolute Gasteiger partial charge is 0.399 e. The molecule has 1 heterocycles. The highest BCUT2D eigenvalue weighted by atomic mass is 16.5. The van der Waals surface area contributed by atoms with Gasteiger partial charge in [0, 0.05) is 25.0 Å². The van der Waals surface area contributed by atoms with Crippen molar-refractivity contribution in [2.45, 2.75) is 6.04 Å². The van der Waals surface area contributed by atoms with Gasteiger partial charge in [-0.3, -0.25) is 14.5 Å². The molecule has 1 atom stereocenters. The van der Waals surface area contributed by atoms with Crippen molar-refractivity contribution in [2.24, 2.45) is 5.73 Å². The molecule has 1 fully saturated rings. The van der Waals surface area contributed by atoms with Crippen molar-refractivity contribution in [1.82, 2.24) is 4.90 Å². The minimum Gasteiger partial charge on any atom is -0.399 e. The maximum atomic E-state index is 12.3. The number of amides is 2. The molecule has 1 aliphatic heterocycles. The molecule has 2 rings (SSSR count). The van der Waals surface area contributed by atoms with Gasteiger partial charge < -0.3 is 21.1 Å². The normalized spacial score (nSPS) is 19.2. The molecule has 1 aliphatic rings. The first kappa shape index (κ1) is 15.3. The number of nitrogens with two attached hydrogens (primary N) is 2. The number of ether oxygens (including phenoxy) is 1. The molecular weight excluding hydrogens is 272 g/mol. The number of nitrogens with zero attached hydrogens (tertiary/aromatic N) is 2. The lowest BCUT2D eigenvalue weighted by Gasteiger charge is -2.33. The number of primary amides is 1. The number of likely N-dealkylation sites (N-methyl/N-ethyl adjacent to an activating group) is 1. The number of rotatable bonds is 4. The molecule has 2 amide bonds. The smallest absolute Gasteiger partial charge is 0.240 e. The van der Waals surface area contributed by atoms with E-state index in [4.69, 9.17) is 16.2 Å². The highest BCUT2D eigenvalue weighted by Gasteiger charge is 2.29. The van der Waals surface area contributed by atoms with E-state index >= 15 is 0 Å². The average molecular weight is 292 g/mol. The molecular formula is C14H20N4O3. The van der Waals surface area contributed by atoms with Crippen LogP contribution in [-0.4, -0.2) is 56.1 Å². The molecule has 0 spiro atoms. The summed E-state index contributed by atoms with van der Waals surface area (Å²) in [6.07, 6.45) is 0. The van der Waals surface area contributed by atoms with E-state index in [1.807, 2.05) is 0 Å². The van der Waals surface area contributed by atoms with Gasteiger partial charge in [-0.15, -0.1) is 0 Å². The van der Waals surface area contributed by atoms with Crippen molar-refractivity contribution in [3.63, 3.8) is 0 Å². The summed E-state index contributed by atoms with van der Waals surface area (Å²) in [4.78, 5) is 27.0. The minimum atomic E-state index is -0.553. The van der Waals surface area contributed by atoms with Gasteiger partial charge in [-0.25, -0.2) is 0 Å². The Morgan fingerprint density at radius 2 is 2.05 bits per heavy atom. The highest BCUT2D eigenvalue weighted by Crippen LogP contribution is 2.16. The third-order valence-electron chi connectivity index (χ3n) is 3.56. The SMILES string of the molecule is CN(C(=O)CN1CCOCC1C(N)=O)c1ccc(N)cc1. The Kier molecular flexibility index (Phi) is 4.77. The average Bonchev–Trinajstić information content (AvgIpc) is 2.47. The molecule has 0 radical (unpaired) electrons. The van der Waals surface area contributed by atoms with Gasteiger partial charge in [0.15, 0.2) is 0 Å². The van der Waals surface area contributed by atoms with Crippen molar-refractivity contribution in [3.8, 4) is 0 Å². The maximum absolute atomic E-state index is 12.3. The Labute approximate surface area is 123 Å². The zero-order chi connectivity index (χ0) is 15.4. The standard InChI is InChI=1S/C14H20N4O3/c1-17(11-4-2-10(15)3-5-11)13(19)8-18-6-7-21-9-12(18)14(16)20/h2-5,12H,6-9,15H2,1H3,(H2,16,20). The molecule has 4 N–H and O–H groups in total. The van der Waals surface area contributed by atoms with E-state index in [1.165, 1.54) is 4.90 Å². The molecule has 0 bridgehead atoms. The predicted octanol–water partition coefficient (Wildman–Crippen LogP) is -0.582. The summed E-state index contributed by atoms with van der Waals surface area (Å²) in [5, 5.41) is 0.